The number of hydrogen-bond acceptors (Lipinski definition) is 10. The van der Waals surface area contributed by atoms with E-state index in [-0.39, 0.29) is 23.5 Å². The number of nitrogen functional groups attached to an aromatic ring is 1. The fourth-order valence-electron chi connectivity index (χ4n) is 5.88. The van der Waals surface area contributed by atoms with Gasteiger partial charge in [0.05, 0.1) is 36.7 Å². The van der Waals surface area contributed by atoms with E-state index in [1.165, 1.54) is 10.6 Å². The van der Waals surface area contributed by atoms with Gasteiger partial charge in [0.2, 0.25) is 5.95 Å². The average Bonchev–Trinajstić information content (AvgIpc) is 3.76. The number of nitrogens with two attached hydrogens (primary N) is 1. The quantitative estimate of drug-likeness (QED) is 0.274. The molecular formula is C29H34FN9O4. The fraction of sp³-hybridized carbons (Fsp3) is 0.414. The molecule has 2 fully saturated rings. The minimum Gasteiger partial charge on any atom is -0.492 e. The highest BCUT2D eigenvalue weighted by Crippen LogP contribution is 2.27. The Kier molecular flexibility index (Phi) is 7.24. The van der Waals surface area contributed by atoms with Crippen LogP contribution in [-0.4, -0.2) is 93.8 Å². The molecule has 5 aromatic rings. The van der Waals surface area contributed by atoms with Crippen LogP contribution in [0.5, 0.6) is 5.75 Å². The third-order valence-corrected chi connectivity index (χ3v) is 8.21. The molecule has 7 rings (SSSR count). The first-order chi connectivity index (χ1) is 21.0. The van der Waals surface area contributed by atoms with Gasteiger partial charge in [0.25, 0.3) is 0 Å². The van der Waals surface area contributed by atoms with Gasteiger partial charge >= 0.3 is 5.69 Å². The van der Waals surface area contributed by atoms with Gasteiger partial charge in [-0.1, -0.05) is 0 Å². The Morgan fingerprint density at radius 3 is 2.77 bits per heavy atom. The van der Waals surface area contributed by atoms with E-state index in [2.05, 4.69) is 20.3 Å². The number of imidazole rings is 1. The van der Waals surface area contributed by atoms with Crippen molar-refractivity contribution in [3.8, 4) is 17.2 Å². The standard InChI is InChI=1S/C29H34FN9O4/c1-35-26-24-16-22(25-3-2-13-42-25)34-39(24)28(31)33-27(26)38(29(35)40)12-9-36-7-10-37(11-8-36)23-5-4-20(15-21(23)30)43-18-19-17-41-14-6-32-19/h2-5,13,15-16,19,32H,6-12,14,17-18H2,1H3,(H2,31,33). The maximum atomic E-state index is 15.0. The molecule has 1 unspecified atom stereocenters. The predicted octanol–water partition coefficient (Wildman–Crippen LogP) is 1.55. The molecule has 2 aliphatic rings. The number of furan rings is 1. The molecule has 13 nitrogen and oxygen atoms in total. The first-order valence-electron chi connectivity index (χ1n) is 14.5. The number of fused-ring (bicyclic) bond motifs is 3. The molecule has 0 radical (unpaired) electrons. The number of aryl methyl sites for hydroxylation is 1. The normalized spacial score (nSPS) is 18.2. The van der Waals surface area contributed by atoms with E-state index in [9.17, 15) is 4.79 Å². The van der Waals surface area contributed by atoms with Crippen molar-refractivity contribution in [1.29, 1.82) is 0 Å². The lowest BCUT2D eigenvalue weighted by Gasteiger charge is -2.36. The van der Waals surface area contributed by atoms with E-state index < -0.39 is 0 Å². The number of halogens is 1. The molecule has 0 amide bonds. The van der Waals surface area contributed by atoms with E-state index in [1.54, 1.807) is 34.6 Å². The van der Waals surface area contributed by atoms with Crippen molar-refractivity contribution >= 4 is 28.3 Å². The number of anilines is 2. The molecule has 6 heterocycles. The number of morpholine rings is 1. The second-order valence-corrected chi connectivity index (χ2v) is 10.9. The van der Waals surface area contributed by atoms with Crippen LogP contribution in [-0.2, 0) is 18.3 Å². The average molecular weight is 592 g/mol. The summed E-state index contributed by atoms with van der Waals surface area (Å²) < 4.78 is 36.5. The SMILES string of the molecule is Cn1c(=O)n(CCN2CCN(c3ccc(OCC4COCCN4)cc3F)CC2)c2nc(N)n3nc(-c4ccco4)cc3c21. The summed E-state index contributed by atoms with van der Waals surface area (Å²) >= 11 is 0. The Balaban J connectivity index is 1.01. The molecule has 0 bridgehead atoms. The lowest BCUT2D eigenvalue weighted by molar-refractivity contribution is 0.0592. The van der Waals surface area contributed by atoms with E-state index in [0.29, 0.717) is 85.6 Å². The van der Waals surface area contributed by atoms with Gasteiger partial charge < -0.3 is 29.8 Å². The van der Waals surface area contributed by atoms with Gasteiger partial charge in [-0.05, 0) is 30.3 Å². The fourth-order valence-corrected chi connectivity index (χ4v) is 5.88. The largest absolute Gasteiger partial charge is 0.492 e. The number of hydrogen-bond donors (Lipinski definition) is 2. The van der Waals surface area contributed by atoms with Crippen molar-refractivity contribution < 1.29 is 18.3 Å². The van der Waals surface area contributed by atoms with Gasteiger partial charge in [0.15, 0.2) is 11.4 Å². The Morgan fingerprint density at radius 2 is 2.02 bits per heavy atom. The summed E-state index contributed by atoms with van der Waals surface area (Å²) in [6, 6.07) is 10.6. The van der Waals surface area contributed by atoms with Crippen LogP contribution in [0.1, 0.15) is 0 Å². The van der Waals surface area contributed by atoms with Crippen LogP contribution in [0.4, 0.5) is 16.0 Å². The maximum absolute atomic E-state index is 15.0. The number of aromatic nitrogens is 5. The topological polar surface area (TPSA) is 133 Å². The Morgan fingerprint density at radius 1 is 1.16 bits per heavy atom. The second-order valence-electron chi connectivity index (χ2n) is 10.9. The van der Waals surface area contributed by atoms with Gasteiger partial charge in [-0.25, -0.2) is 9.18 Å². The lowest BCUT2D eigenvalue weighted by Crippen LogP contribution is -2.47. The van der Waals surface area contributed by atoms with Crippen LogP contribution in [0.15, 0.2) is 51.9 Å². The zero-order valence-electron chi connectivity index (χ0n) is 23.9. The van der Waals surface area contributed by atoms with Crippen molar-refractivity contribution in [3.63, 3.8) is 0 Å². The molecule has 3 N–H and O–H groups in total. The number of nitrogens with one attached hydrogen (secondary N) is 1. The summed E-state index contributed by atoms with van der Waals surface area (Å²) in [6.07, 6.45) is 1.58. The van der Waals surface area contributed by atoms with Crippen LogP contribution >= 0.6 is 0 Å². The summed E-state index contributed by atoms with van der Waals surface area (Å²) in [5.74, 6) is 0.997. The van der Waals surface area contributed by atoms with Crippen molar-refractivity contribution in [1.82, 2.24) is 33.9 Å². The molecule has 43 heavy (non-hydrogen) atoms. The van der Waals surface area contributed by atoms with Crippen molar-refractivity contribution in [2.75, 3.05) is 69.7 Å². The van der Waals surface area contributed by atoms with E-state index >= 15 is 4.39 Å². The number of benzene rings is 1. The van der Waals surface area contributed by atoms with Crippen LogP contribution in [0.2, 0.25) is 0 Å². The molecule has 0 spiro atoms. The number of rotatable bonds is 8. The van der Waals surface area contributed by atoms with Crippen molar-refractivity contribution in [3.05, 3.63) is 59.0 Å². The third-order valence-electron chi connectivity index (χ3n) is 8.21. The van der Waals surface area contributed by atoms with E-state index in [0.717, 1.165) is 19.6 Å². The lowest BCUT2D eigenvalue weighted by atomic mass is 10.2. The van der Waals surface area contributed by atoms with Crippen LogP contribution in [0, 0.1) is 5.82 Å². The molecular weight excluding hydrogens is 557 g/mol. The van der Waals surface area contributed by atoms with Gasteiger partial charge in [0, 0.05) is 58.9 Å². The second kappa shape index (κ2) is 11.4. The summed E-state index contributed by atoms with van der Waals surface area (Å²) in [4.78, 5) is 22.2. The summed E-state index contributed by atoms with van der Waals surface area (Å²) in [7, 11) is 1.73. The minimum atomic E-state index is -0.300. The Labute approximate surface area is 246 Å². The highest BCUT2D eigenvalue weighted by atomic mass is 19.1. The monoisotopic (exact) mass is 591 g/mol. The first-order valence-corrected chi connectivity index (χ1v) is 14.5. The van der Waals surface area contributed by atoms with E-state index in [1.807, 2.05) is 23.1 Å². The predicted molar refractivity (Wildman–Crippen MR) is 159 cm³/mol. The summed E-state index contributed by atoms with van der Waals surface area (Å²) in [6.45, 7) is 6.41. The first kappa shape index (κ1) is 27.4. The van der Waals surface area contributed by atoms with Crippen LogP contribution < -0.4 is 26.4 Å². The molecule has 0 aliphatic carbocycles. The molecule has 4 aromatic heterocycles. The number of piperazine rings is 1. The van der Waals surface area contributed by atoms with Gasteiger partial charge in [-0.3, -0.25) is 14.0 Å². The third kappa shape index (κ3) is 5.21. The van der Waals surface area contributed by atoms with Crippen molar-refractivity contribution in [2.24, 2.45) is 7.05 Å². The van der Waals surface area contributed by atoms with E-state index in [4.69, 9.17) is 19.6 Å². The van der Waals surface area contributed by atoms with Crippen LogP contribution in [0.25, 0.3) is 28.1 Å². The van der Waals surface area contributed by atoms with Gasteiger partial charge in [-0.2, -0.15) is 14.6 Å². The molecule has 226 valence electrons. The zero-order chi connectivity index (χ0) is 29.5. The summed E-state index contributed by atoms with van der Waals surface area (Å²) in [5.41, 5.74) is 9.11. The molecule has 14 heteroatoms. The molecule has 1 aromatic carbocycles. The molecule has 2 saturated heterocycles. The molecule has 1 atom stereocenters. The Bertz CT molecular complexity index is 1800. The highest BCUT2D eigenvalue weighted by molar-refractivity contribution is 5.91. The van der Waals surface area contributed by atoms with Crippen LogP contribution in [0.3, 0.4) is 0 Å². The molecule has 2 aliphatic heterocycles. The minimum absolute atomic E-state index is 0.106. The number of nitrogens with zero attached hydrogens (tertiary/aromatic N) is 7. The van der Waals surface area contributed by atoms with Gasteiger partial charge in [-0.15, -0.1) is 0 Å². The maximum Gasteiger partial charge on any atom is 0.330 e. The Hall–Kier alpha value is -4.40. The number of ether oxygens (including phenoxy) is 2. The molecule has 0 saturated carbocycles. The highest BCUT2D eigenvalue weighted by Gasteiger charge is 2.23. The van der Waals surface area contributed by atoms with Crippen molar-refractivity contribution in [2.45, 2.75) is 12.6 Å². The smallest absolute Gasteiger partial charge is 0.330 e. The van der Waals surface area contributed by atoms with Gasteiger partial charge in [0.1, 0.15) is 29.4 Å². The summed E-state index contributed by atoms with van der Waals surface area (Å²) in [5, 5.41) is 7.86. The zero-order valence-corrected chi connectivity index (χ0v) is 23.9.